The number of carbonyl (C=O) groups is 1. The smallest absolute Gasteiger partial charge is 0.407 e. The molecule has 0 spiro atoms. The number of alkyl carbamates (subject to hydrolysis) is 1. The maximum atomic E-state index is 11.4. The van der Waals surface area contributed by atoms with Crippen molar-refractivity contribution < 1.29 is 9.53 Å². The minimum Gasteiger partial charge on any atom is -0.444 e. The quantitative estimate of drug-likeness (QED) is 0.849. The molecule has 20 heavy (non-hydrogen) atoms. The van der Waals surface area contributed by atoms with Crippen LogP contribution in [0, 0.1) is 0 Å². The van der Waals surface area contributed by atoms with E-state index in [9.17, 15) is 4.79 Å². The van der Waals surface area contributed by atoms with Gasteiger partial charge in [-0.25, -0.2) is 4.79 Å². The van der Waals surface area contributed by atoms with Crippen molar-refractivity contribution in [2.75, 3.05) is 6.54 Å². The number of aryl methyl sites for hydroxylation is 2. The normalized spacial score (nSPS) is 13.8. The third-order valence-electron chi connectivity index (χ3n) is 3.18. The van der Waals surface area contributed by atoms with Crippen LogP contribution in [0.2, 0.25) is 0 Å². The van der Waals surface area contributed by atoms with Crippen molar-refractivity contribution in [2.24, 2.45) is 0 Å². The van der Waals surface area contributed by atoms with Gasteiger partial charge in [0.15, 0.2) is 0 Å². The fourth-order valence-corrected chi connectivity index (χ4v) is 2.11. The van der Waals surface area contributed by atoms with E-state index in [1.165, 1.54) is 29.5 Å². The van der Waals surface area contributed by atoms with Crippen molar-refractivity contribution in [3.8, 4) is 0 Å². The molecule has 0 unspecified atom stereocenters. The lowest BCUT2D eigenvalue weighted by Gasteiger charge is -2.19. The van der Waals surface area contributed by atoms with E-state index in [0.29, 0.717) is 6.54 Å². The molecule has 1 aliphatic carbocycles. The van der Waals surface area contributed by atoms with Crippen LogP contribution in [0.25, 0.3) is 6.08 Å². The first-order chi connectivity index (χ1) is 9.44. The van der Waals surface area contributed by atoms with Crippen LogP contribution in [0.15, 0.2) is 24.3 Å². The van der Waals surface area contributed by atoms with Crippen LogP contribution < -0.4 is 5.32 Å². The summed E-state index contributed by atoms with van der Waals surface area (Å²) in [6.45, 7) is 6.17. The van der Waals surface area contributed by atoms with Gasteiger partial charge in [0, 0.05) is 6.54 Å². The molecular weight excluding hydrogens is 250 g/mol. The SMILES string of the molecule is CC(C)(C)OC(=O)NCCC=Cc1ccc2c(c1)CC2. The third-order valence-corrected chi connectivity index (χ3v) is 3.18. The summed E-state index contributed by atoms with van der Waals surface area (Å²) in [5.74, 6) is 0. The predicted molar refractivity (Wildman–Crippen MR) is 81.7 cm³/mol. The number of hydrogen-bond acceptors (Lipinski definition) is 2. The van der Waals surface area contributed by atoms with E-state index >= 15 is 0 Å². The molecular formula is C17H23NO2. The molecule has 1 aliphatic rings. The Morgan fingerprint density at radius 1 is 1.30 bits per heavy atom. The van der Waals surface area contributed by atoms with Gasteiger partial charge in [-0.1, -0.05) is 30.4 Å². The Kier molecular flexibility index (Phi) is 4.48. The number of carbonyl (C=O) groups excluding carboxylic acids is 1. The highest BCUT2D eigenvalue weighted by Crippen LogP contribution is 2.24. The van der Waals surface area contributed by atoms with Crippen molar-refractivity contribution in [3.63, 3.8) is 0 Å². The molecule has 0 aliphatic heterocycles. The first-order valence-electron chi connectivity index (χ1n) is 7.19. The van der Waals surface area contributed by atoms with E-state index in [-0.39, 0.29) is 6.09 Å². The van der Waals surface area contributed by atoms with Gasteiger partial charge in [-0.3, -0.25) is 0 Å². The van der Waals surface area contributed by atoms with Gasteiger partial charge in [0.25, 0.3) is 0 Å². The van der Waals surface area contributed by atoms with E-state index < -0.39 is 5.60 Å². The number of fused-ring (bicyclic) bond motifs is 1. The predicted octanol–water partition coefficient (Wildman–Crippen LogP) is 3.71. The van der Waals surface area contributed by atoms with E-state index in [4.69, 9.17) is 4.74 Å². The van der Waals surface area contributed by atoms with Crippen molar-refractivity contribution in [3.05, 3.63) is 41.0 Å². The summed E-state index contributed by atoms with van der Waals surface area (Å²) in [7, 11) is 0. The first kappa shape index (κ1) is 14.6. The molecule has 0 heterocycles. The molecule has 3 nitrogen and oxygen atoms in total. The topological polar surface area (TPSA) is 38.3 Å². The van der Waals surface area contributed by atoms with Crippen molar-refractivity contribution >= 4 is 12.2 Å². The number of nitrogens with one attached hydrogen (secondary N) is 1. The Morgan fingerprint density at radius 3 is 2.65 bits per heavy atom. The van der Waals surface area contributed by atoms with E-state index in [1.54, 1.807) is 0 Å². The second kappa shape index (κ2) is 6.12. The molecule has 1 N–H and O–H groups in total. The zero-order valence-electron chi connectivity index (χ0n) is 12.5. The van der Waals surface area contributed by atoms with Gasteiger partial charge in [-0.2, -0.15) is 0 Å². The average Bonchev–Trinajstić information content (AvgIpc) is 2.29. The minimum atomic E-state index is -0.439. The van der Waals surface area contributed by atoms with Crippen LogP contribution in [0.1, 0.15) is 43.9 Å². The van der Waals surface area contributed by atoms with Crippen LogP contribution in [0.5, 0.6) is 0 Å². The fourth-order valence-electron chi connectivity index (χ4n) is 2.11. The molecule has 0 bridgehead atoms. The Morgan fingerprint density at radius 2 is 2.05 bits per heavy atom. The average molecular weight is 273 g/mol. The van der Waals surface area contributed by atoms with Gasteiger partial charge < -0.3 is 10.1 Å². The number of amides is 1. The van der Waals surface area contributed by atoms with E-state index in [1.807, 2.05) is 20.8 Å². The summed E-state index contributed by atoms with van der Waals surface area (Å²) in [4.78, 5) is 11.4. The van der Waals surface area contributed by atoms with Gasteiger partial charge in [0.1, 0.15) is 5.60 Å². The lowest BCUT2D eigenvalue weighted by Crippen LogP contribution is -2.32. The summed E-state index contributed by atoms with van der Waals surface area (Å²) in [5, 5.41) is 2.74. The zero-order chi connectivity index (χ0) is 14.6. The van der Waals surface area contributed by atoms with Gasteiger partial charge >= 0.3 is 6.09 Å². The van der Waals surface area contributed by atoms with Gasteiger partial charge in [0.2, 0.25) is 0 Å². The largest absolute Gasteiger partial charge is 0.444 e. The Balaban J connectivity index is 1.69. The number of hydrogen-bond donors (Lipinski definition) is 1. The summed E-state index contributed by atoms with van der Waals surface area (Å²) in [6, 6.07) is 6.60. The molecule has 1 aromatic carbocycles. The Bertz CT molecular complexity index is 512. The highest BCUT2D eigenvalue weighted by molar-refractivity contribution is 5.67. The number of benzene rings is 1. The Hall–Kier alpha value is -1.77. The molecule has 0 aromatic heterocycles. The molecule has 0 radical (unpaired) electrons. The van der Waals surface area contributed by atoms with Crippen LogP contribution in [0.3, 0.4) is 0 Å². The summed E-state index contributed by atoms with van der Waals surface area (Å²) in [5.41, 5.74) is 3.75. The summed E-state index contributed by atoms with van der Waals surface area (Å²) in [6.07, 6.45) is 7.06. The van der Waals surface area contributed by atoms with Gasteiger partial charge in [-0.05, 0) is 56.7 Å². The summed E-state index contributed by atoms with van der Waals surface area (Å²) >= 11 is 0. The van der Waals surface area contributed by atoms with Crippen molar-refractivity contribution in [1.29, 1.82) is 0 Å². The standard InChI is InChI=1S/C17H23NO2/c1-17(2,3)20-16(19)18-11-5-4-6-13-7-8-14-9-10-15(14)12-13/h4,6-8,12H,5,9-11H2,1-3H3,(H,18,19). The zero-order valence-corrected chi connectivity index (χ0v) is 12.5. The second-order valence-electron chi connectivity index (χ2n) is 6.15. The van der Waals surface area contributed by atoms with Gasteiger partial charge in [-0.15, -0.1) is 0 Å². The van der Waals surface area contributed by atoms with E-state index in [2.05, 4.69) is 35.7 Å². The molecule has 1 aromatic rings. The van der Waals surface area contributed by atoms with Crippen molar-refractivity contribution in [2.45, 2.75) is 45.6 Å². The van der Waals surface area contributed by atoms with Crippen LogP contribution in [-0.4, -0.2) is 18.2 Å². The summed E-state index contributed by atoms with van der Waals surface area (Å²) < 4.78 is 5.16. The number of rotatable bonds is 4. The molecule has 3 heteroatoms. The van der Waals surface area contributed by atoms with Crippen LogP contribution >= 0.6 is 0 Å². The molecule has 0 saturated heterocycles. The molecule has 108 valence electrons. The fraction of sp³-hybridized carbons (Fsp3) is 0.471. The lowest BCUT2D eigenvalue weighted by atomic mass is 9.87. The molecule has 0 saturated carbocycles. The first-order valence-corrected chi connectivity index (χ1v) is 7.19. The minimum absolute atomic E-state index is 0.355. The maximum absolute atomic E-state index is 11.4. The highest BCUT2D eigenvalue weighted by atomic mass is 16.6. The molecule has 2 rings (SSSR count). The molecule has 0 fully saturated rings. The van der Waals surface area contributed by atoms with Gasteiger partial charge in [0.05, 0.1) is 0 Å². The van der Waals surface area contributed by atoms with Crippen LogP contribution in [0.4, 0.5) is 4.79 Å². The molecule has 0 atom stereocenters. The Labute approximate surface area is 121 Å². The van der Waals surface area contributed by atoms with E-state index in [0.717, 1.165) is 6.42 Å². The highest BCUT2D eigenvalue weighted by Gasteiger charge is 2.15. The third kappa shape index (κ3) is 4.41. The monoisotopic (exact) mass is 273 g/mol. The van der Waals surface area contributed by atoms with Crippen LogP contribution in [-0.2, 0) is 17.6 Å². The van der Waals surface area contributed by atoms with Crippen molar-refractivity contribution in [1.82, 2.24) is 5.32 Å². The second-order valence-corrected chi connectivity index (χ2v) is 6.15. The molecule has 1 amide bonds. The lowest BCUT2D eigenvalue weighted by molar-refractivity contribution is 0.0529. The number of ether oxygens (including phenoxy) is 1. The maximum Gasteiger partial charge on any atom is 0.407 e.